The number of carbonyl (C=O) groups is 2. The van der Waals surface area contributed by atoms with Crippen LogP contribution in [0.2, 0.25) is 0 Å². The van der Waals surface area contributed by atoms with Crippen molar-refractivity contribution in [1.29, 1.82) is 0 Å². The summed E-state index contributed by atoms with van der Waals surface area (Å²) < 4.78 is 0. The minimum absolute atomic E-state index is 0.250. The highest BCUT2D eigenvalue weighted by Crippen LogP contribution is 2.43. The van der Waals surface area contributed by atoms with E-state index in [1.54, 1.807) is 36.4 Å². The number of benzene rings is 1. The maximum atomic E-state index is 10.4. The van der Waals surface area contributed by atoms with E-state index in [1.807, 2.05) is 12.2 Å². The third-order valence-electron chi connectivity index (χ3n) is 2.84. The van der Waals surface area contributed by atoms with E-state index in [2.05, 4.69) is 0 Å². The number of carboxylic acid groups (broad SMARTS) is 2. The highest BCUT2D eigenvalue weighted by molar-refractivity contribution is 5.87. The molecular weight excluding hydrogens is 232 g/mol. The van der Waals surface area contributed by atoms with Crippen LogP contribution in [0.15, 0.2) is 54.1 Å². The Morgan fingerprint density at radius 3 is 2.00 bits per heavy atom. The number of rotatable bonds is 2. The maximum absolute atomic E-state index is 10.4. The van der Waals surface area contributed by atoms with Crippen LogP contribution < -0.4 is 0 Å². The summed E-state index contributed by atoms with van der Waals surface area (Å²) in [5, 5.41) is 16.9. The summed E-state index contributed by atoms with van der Waals surface area (Å²) in [7, 11) is 0. The Balaban J connectivity index is 0.000000134. The topological polar surface area (TPSA) is 74.6 Å². The Kier molecular flexibility index (Phi) is 3.28. The standard InChI is InChI=1S/2C7H6O2/c8-7(9)5-2-1-4-3-6(4)5;8-7(9)6-4-2-1-3-5-6/h1-3,5-6H,(H,8,9);1-5H,(H,8,9)/t5?,6-;/m1./s1. The van der Waals surface area contributed by atoms with Crippen molar-refractivity contribution in [2.75, 3.05) is 0 Å². The average molecular weight is 244 g/mol. The van der Waals surface area contributed by atoms with Crippen molar-refractivity contribution >= 4 is 11.9 Å². The number of allylic oxidation sites excluding steroid dienone is 3. The fourth-order valence-electron chi connectivity index (χ4n) is 1.79. The Morgan fingerprint density at radius 2 is 1.72 bits per heavy atom. The fourth-order valence-corrected chi connectivity index (χ4v) is 1.79. The van der Waals surface area contributed by atoms with Gasteiger partial charge in [0.2, 0.25) is 0 Å². The number of carboxylic acids is 2. The molecule has 4 heteroatoms. The molecule has 2 aliphatic rings. The summed E-state index contributed by atoms with van der Waals surface area (Å²) in [6, 6.07) is 8.30. The predicted molar refractivity (Wildman–Crippen MR) is 65.2 cm³/mol. The first-order chi connectivity index (χ1) is 8.59. The largest absolute Gasteiger partial charge is 0.481 e. The molecule has 2 atom stereocenters. The molecule has 3 rings (SSSR count). The van der Waals surface area contributed by atoms with Crippen LogP contribution in [0.5, 0.6) is 0 Å². The normalized spacial score (nSPS) is 22.3. The van der Waals surface area contributed by atoms with Gasteiger partial charge in [-0.2, -0.15) is 0 Å². The van der Waals surface area contributed by atoms with Gasteiger partial charge in [-0.3, -0.25) is 4.79 Å². The summed E-state index contributed by atoms with van der Waals surface area (Å²) in [4.78, 5) is 20.6. The lowest BCUT2D eigenvalue weighted by Crippen LogP contribution is -2.11. The summed E-state index contributed by atoms with van der Waals surface area (Å²) in [6.45, 7) is 0. The van der Waals surface area contributed by atoms with E-state index in [4.69, 9.17) is 10.2 Å². The van der Waals surface area contributed by atoms with Gasteiger partial charge in [0.1, 0.15) is 0 Å². The van der Waals surface area contributed by atoms with E-state index in [0.717, 1.165) is 0 Å². The van der Waals surface area contributed by atoms with Gasteiger partial charge in [-0.1, -0.05) is 36.4 Å². The van der Waals surface area contributed by atoms with E-state index < -0.39 is 11.9 Å². The fraction of sp³-hybridized carbons (Fsp3) is 0.143. The molecule has 4 nitrogen and oxygen atoms in total. The highest BCUT2D eigenvalue weighted by Gasteiger charge is 2.38. The molecule has 2 aliphatic carbocycles. The summed E-state index contributed by atoms with van der Waals surface area (Å²) in [5.41, 5.74) is 1.53. The van der Waals surface area contributed by atoms with Gasteiger partial charge in [-0.15, -0.1) is 0 Å². The molecular formula is C14H12O4. The lowest BCUT2D eigenvalue weighted by molar-refractivity contribution is -0.140. The molecule has 0 bridgehead atoms. The van der Waals surface area contributed by atoms with Gasteiger partial charge in [0, 0.05) is 5.92 Å². The second-order valence-corrected chi connectivity index (χ2v) is 4.09. The van der Waals surface area contributed by atoms with Crippen LogP contribution in [-0.2, 0) is 4.79 Å². The van der Waals surface area contributed by atoms with Crippen LogP contribution >= 0.6 is 0 Å². The first-order valence-electron chi connectivity index (χ1n) is 5.50. The molecule has 1 aromatic rings. The number of hydrogen-bond donors (Lipinski definition) is 2. The van der Waals surface area contributed by atoms with E-state index in [0.29, 0.717) is 5.56 Å². The minimum atomic E-state index is -0.879. The molecule has 92 valence electrons. The molecule has 2 N–H and O–H groups in total. The second kappa shape index (κ2) is 4.87. The minimum Gasteiger partial charge on any atom is -0.481 e. The second-order valence-electron chi connectivity index (χ2n) is 4.09. The zero-order valence-corrected chi connectivity index (χ0v) is 9.48. The van der Waals surface area contributed by atoms with Gasteiger partial charge in [-0.25, -0.2) is 4.79 Å². The molecule has 0 saturated heterocycles. The molecule has 0 amide bonds. The number of fused-ring (bicyclic) bond motifs is 1. The Bertz CT molecular complexity index is 528. The van der Waals surface area contributed by atoms with Crippen LogP contribution in [0.25, 0.3) is 0 Å². The van der Waals surface area contributed by atoms with Crippen molar-refractivity contribution in [3.05, 3.63) is 59.7 Å². The third-order valence-corrected chi connectivity index (χ3v) is 2.84. The van der Waals surface area contributed by atoms with Crippen LogP contribution in [0, 0.1) is 11.8 Å². The lowest BCUT2D eigenvalue weighted by Gasteiger charge is -1.99. The van der Waals surface area contributed by atoms with E-state index in [-0.39, 0.29) is 11.8 Å². The third kappa shape index (κ3) is 2.66. The average Bonchev–Trinajstić information content (AvgIpc) is 3.01. The predicted octanol–water partition coefficient (Wildman–Crippen LogP) is 2.20. The maximum Gasteiger partial charge on any atom is 0.335 e. The van der Waals surface area contributed by atoms with Gasteiger partial charge >= 0.3 is 11.9 Å². The first-order valence-corrected chi connectivity index (χ1v) is 5.50. The highest BCUT2D eigenvalue weighted by atomic mass is 16.4. The van der Waals surface area contributed by atoms with Gasteiger partial charge in [-0.05, 0) is 17.7 Å². The molecule has 0 aliphatic heterocycles. The molecule has 0 spiro atoms. The van der Waals surface area contributed by atoms with Crippen molar-refractivity contribution in [1.82, 2.24) is 0 Å². The number of aliphatic carboxylic acids is 1. The van der Waals surface area contributed by atoms with Gasteiger partial charge < -0.3 is 10.2 Å². The quantitative estimate of drug-likeness (QED) is 0.836. The van der Waals surface area contributed by atoms with Gasteiger partial charge in [0.05, 0.1) is 11.5 Å². The molecule has 1 unspecified atom stereocenters. The van der Waals surface area contributed by atoms with E-state index >= 15 is 0 Å². The monoisotopic (exact) mass is 244 g/mol. The molecule has 0 heterocycles. The number of hydrogen-bond acceptors (Lipinski definition) is 2. The number of aromatic carboxylic acids is 1. The van der Waals surface area contributed by atoms with Crippen molar-refractivity contribution in [2.45, 2.75) is 0 Å². The Morgan fingerprint density at radius 1 is 1.06 bits per heavy atom. The van der Waals surface area contributed by atoms with E-state index in [9.17, 15) is 9.59 Å². The Hall–Kier alpha value is -2.36. The Labute approximate surface area is 104 Å². The summed E-state index contributed by atoms with van der Waals surface area (Å²) in [5.74, 6) is -1.59. The zero-order chi connectivity index (χ0) is 13.1. The molecule has 0 aromatic heterocycles. The molecule has 0 saturated carbocycles. The van der Waals surface area contributed by atoms with Crippen molar-refractivity contribution in [2.24, 2.45) is 11.8 Å². The van der Waals surface area contributed by atoms with Crippen molar-refractivity contribution in [3.63, 3.8) is 0 Å². The summed E-state index contributed by atoms with van der Waals surface area (Å²) >= 11 is 0. The lowest BCUT2D eigenvalue weighted by atomic mass is 10.1. The van der Waals surface area contributed by atoms with Crippen LogP contribution in [0.3, 0.4) is 0 Å². The SMILES string of the molecule is O=C(O)C1C=CC2=C[C@H]21.O=C(O)c1ccccc1. The molecule has 0 radical (unpaired) electrons. The first kappa shape index (κ1) is 12.1. The van der Waals surface area contributed by atoms with E-state index in [1.165, 1.54) is 5.57 Å². The van der Waals surface area contributed by atoms with Crippen molar-refractivity contribution in [3.8, 4) is 0 Å². The molecule has 1 aromatic carbocycles. The van der Waals surface area contributed by atoms with Gasteiger partial charge in [0.15, 0.2) is 0 Å². The zero-order valence-electron chi connectivity index (χ0n) is 9.48. The van der Waals surface area contributed by atoms with Crippen LogP contribution in [-0.4, -0.2) is 22.2 Å². The summed E-state index contributed by atoms with van der Waals surface area (Å²) in [6.07, 6.45) is 5.63. The smallest absolute Gasteiger partial charge is 0.335 e. The molecule has 18 heavy (non-hydrogen) atoms. The van der Waals surface area contributed by atoms with Crippen LogP contribution in [0.1, 0.15) is 10.4 Å². The van der Waals surface area contributed by atoms with Gasteiger partial charge in [0.25, 0.3) is 0 Å². The molecule has 0 fully saturated rings. The van der Waals surface area contributed by atoms with Crippen LogP contribution in [0.4, 0.5) is 0 Å². The van der Waals surface area contributed by atoms with Crippen molar-refractivity contribution < 1.29 is 19.8 Å².